The zero-order chi connectivity index (χ0) is 38.7. The van der Waals surface area contributed by atoms with Crippen molar-refractivity contribution in [2.45, 2.75) is 295 Å². The first-order valence-corrected chi connectivity index (χ1v) is 24.3. The first kappa shape index (κ1) is 52.3. The highest BCUT2D eigenvalue weighted by atomic mass is 16.3. The van der Waals surface area contributed by atoms with E-state index in [9.17, 15) is 20.1 Å². The average Bonchev–Trinajstić information content (AvgIpc) is 3.15. The number of hydrogen-bond acceptors (Lipinski definition) is 4. The van der Waals surface area contributed by atoms with Crippen LogP contribution in [0.2, 0.25) is 0 Å². The van der Waals surface area contributed by atoms with Crippen LogP contribution in [0, 0.1) is 0 Å². The number of rotatable bonds is 45. The molecule has 0 aliphatic rings. The van der Waals surface area contributed by atoms with E-state index in [1.165, 1.54) is 218 Å². The van der Waals surface area contributed by atoms with Gasteiger partial charge in [-0.15, -0.1) is 0 Å². The molecule has 1 amide bonds. The summed E-state index contributed by atoms with van der Waals surface area (Å²) in [5.41, 5.74) is 0. The Balaban J connectivity index is 3.42. The average molecular weight is 752 g/mol. The van der Waals surface area contributed by atoms with Crippen LogP contribution in [0.1, 0.15) is 277 Å². The third-order valence-electron chi connectivity index (χ3n) is 11.7. The molecule has 0 aromatic rings. The molecule has 0 saturated carbocycles. The quantitative estimate of drug-likeness (QED) is 0.0466. The maximum atomic E-state index is 12.4. The normalized spacial score (nSPS) is 13.4. The molecule has 3 unspecified atom stereocenters. The molecule has 4 N–H and O–H groups in total. The molecule has 0 aromatic carbocycles. The molecule has 0 bridgehead atoms. The predicted molar refractivity (Wildman–Crippen MR) is 232 cm³/mol. The Hall–Kier alpha value is -0.650. The number of amides is 1. The van der Waals surface area contributed by atoms with Crippen LogP contribution in [-0.2, 0) is 4.79 Å². The molecule has 0 spiro atoms. The molecule has 0 saturated heterocycles. The third-order valence-corrected chi connectivity index (χ3v) is 11.7. The number of unbranched alkanes of at least 4 members (excludes halogenated alkanes) is 36. The van der Waals surface area contributed by atoms with Crippen molar-refractivity contribution < 1.29 is 20.1 Å². The summed E-state index contributed by atoms with van der Waals surface area (Å²) in [7, 11) is 0. The van der Waals surface area contributed by atoms with Crippen LogP contribution < -0.4 is 5.32 Å². The van der Waals surface area contributed by atoms with Gasteiger partial charge in [0.05, 0.1) is 31.3 Å². The minimum atomic E-state index is -0.742. The van der Waals surface area contributed by atoms with Crippen LogP contribution in [0.25, 0.3) is 0 Å². The summed E-state index contributed by atoms with van der Waals surface area (Å²) < 4.78 is 0. The van der Waals surface area contributed by atoms with Crippen molar-refractivity contribution in [2.24, 2.45) is 0 Å². The number of hydrogen-bond donors (Lipinski definition) is 4. The van der Waals surface area contributed by atoms with Crippen LogP contribution in [-0.4, -0.2) is 46.1 Å². The first-order valence-electron chi connectivity index (χ1n) is 24.3. The number of aliphatic hydroxyl groups is 3. The standard InChI is InChI=1S/C48H97NO4/c1-3-5-7-9-11-13-14-15-16-17-18-19-20-21-22-23-24-25-26-27-28-29-30-31-32-34-35-37-39-41-45(51)43-48(53)49-46(44-50)47(52)42-40-38-36-33-12-10-8-6-4-2/h45-47,50-52H,3-44H2,1-2H3,(H,49,53). The van der Waals surface area contributed by atoms with Crippen molar-refractivity contribution in [1.29, 1.82) is 0 Å². The highest BCUT2D eigenvalue weighted by Gasteiger charge is 2.21. The lowest BCUT2D eigenvalue weighted by Crippen LogP contribution is -2.46. The number of aliphatic hydroxyl groups excluding tert-OH is 3. The van der Waals surface area contributed by atoms with E-state index in [0.717, 1.165) is 25.7 Å². The van der Waals surface area contributed by atoms with E-state index in [1.807, 2.05) is 0 Å². The van der Waals surface area contributed by atoms with Gasteiger partial charge in [-0.2, -0.15) is 0 Å². The number of carbonyl (C=O) groups is 1. The fourth-order valence-corrected chi connectivity index (χ4v) is 7.94. The van der Waals surface area contributed by atoms with E-state index in [-0.39, 0.29) is 18.9 Å². The second-order valence-electron chi connectivity index (χ2n) is 17.1. The molecule has 0 aliphatic carbocycles. The maximum Gasteiger partial charge on any atom is 0.222 e. The van der Waals surface area contributed by atoms with Crippen molar-refractivity contribution >= 4 is 5.91 Å². The molecule has 0 fully saturated rings. The highest BCUT2D eigenvalue weighted by molar-refractivity contribution is 5.76. The van der Waals surface area contributed by atoms with Crippen LogP contribution in [0.5, 0.6) is 0 Å². The molecule has 0 radical (unpaired) electrons. The van der Waals surface area contributed by atoms with Gasteiger partial charge in [-0.25, -0.2) is 0 Å². The Bertz CT molecular complexity index is 703. The van der Waals surface area contributed by atoms with E-state index >= 15 is 0 Å². The summed E-state index contributed by atoms with van der Waals surface area (Å²) >= 11 is 0. The van der Waals surface area contributed by atoms with Crippen LogP contribution in [0.4, 0.5) is 0 Å². The summed E-state index contributed by atoms with van der Waals surface area (Å²) in [4.78, 5) is 12.4. The molecule has 0 heterocycles. The van der Waals surface area contributed by atoms with Crippen LogP contribution in [0.3, 0.4) is 0 Å². The molecular formula is C48H97NO4. The van der Waals surface area contributed by atoms with E-state index < -0.39 is 18.2 Å². The van der Waals surface area contributed by atoms with E-state index in [4.69, 9.17) is 0 Å². The Kier molecular flexibility index (Phi) is 43.5. The zero-order valence-electron chi connectivity index (χ0n) is 36.2. The zero-order valence-corrected chi connectivity index (χ0v) is 36.2. The van der Waals surface area contributed by atoms with Crippen molar-refractivity contribution in [3.8, 4) is 0 Å². The molecule has 0 aromatic heterocycles. The second kappa shape index (κ2) is 44.1. The predicted octanol–water partition coefficient (Wildman–Crippen LogP) is 14.2. The maximum absolute atomic E-state index is 12.4. The number of nitrogens with one attached hydrogen (secondary N) is 1. The van der Waals surface area contributed by atoms with Crippen molar-refractivity contribution in [3.63, 3.8) is 0 Å². The fourth-order valence-electron chi connectivity index (χ4n) is 7.94. The summed E-state index contributed by atoms with van der Waals surface area (Å²) in [6, 6.07) is -0.651. The van der Waals surface area contributed by atoms with Gasteiger partial charge in [0.2, 0.25) is 5.91 Å². The molecule has 0 aliphatic heterocycles. The Morgan fingerprint density at radius 1 is 0.396 bits per heavy atom. The lowest BCUT2D eigenvalue weighted by molar-refractivity contribution is -0.125. The lowest BCUT2D eigenvalue weighted by atomic mass is 10.0. The monoisotopic (exact) mass is 752 g/mol. The molecule has 5 heteroatoms. The minimum absolute atomic E-state index is 0.0424. The van der Waals surface area contributed by atoms with Gasteiger partial charge in [0.15, 0.2) is 0 Å². The number of carbonyl (C=O) groups excluding carboxylic acids is 1. The summed E-state index contributed by atoms with van der Waals surface area (Å²) in [6.45, 7) is 4.26. The van der Waals surface area contributed by atoms with E-state index in [2.05, 4.69) is 19.2 Å². The van der Waals surface area contributed by atoms with Gasteiger partial charge < -0.3 is 20.6 Å². The first-order chi connectivity index (χ1) is 26.0. The second-order valence-corrected chi connectivity index (χ2v) is 17.1. The van der Waals surface area contributed by atoms with Gasteiger partial charge in [0, 0.05) is 0 Å². The van der Waals surface area contributed by atoms with Crippen molar-refractivity contribution in [2.75, 3.05) is 6.61 Å². The fraction of sp³-hybridized carbons (Fsp3) is 0.979. The summed E-state index contributed by atoms with van der Waals surface area (Å²) in [6.07, 6.45) is 51.1. The van der Waals surface area contributed by atoms with Crippen LogP contribution >= 0.6 is 0 Å². The Morgan fingerprint density at radius 3 is 0.906 bits per heavy atom. The smallest absolute Gasteiger partial charge is 0.222 e. The van der Waals surface area contributed by atoms with Gasteiger partial charge in [-0.05, 0) is 12.8 Å². The van der Waals surface area contributed by atoms with Gasteiger partial charge >= 0.3 is 0 Å². The van der Waals surface area contributed by atoms with Gasteiger partial charge in [0.1, 0.15) is 0 Å². The lowest BCUT2D eigenvalue weighted by Gasteiger charge is -2.23. The topological polar surface area (TPSA) is 89.8 Å². The largest absolute Gasteiger partial charge is 0.394 e. The SMILES string of the molecule is CCCCCCCCCCCCCCCCCCCCCCCCCCCCCCCC(O)CC(=O)NC(CO)C(O)CCCCCCCCCCC. The Morgan fingerprint density at radius 2 is 0.642 bits per heavy atom. The molecule has 5 nitrogen and oxygen atoms in total. The third kappa shape index (κ3) is 40.8. The van der Waals surface area contributed by atoms with Gasteiger partial charge in [-0.1, -0.05) is 258 Å². The Labute approximate surface area is 332 Å². The van der Waals surface area contributed by atoms with Crippen LogP contribution in [0.15, 0.2) is 0 Å². The molecule has 3 atom stereocenters. The molecule has 53 heavy (non-hydrogen) atoms. The molecule has 318 valence electrons. The van der Waals surface area contributed by atoms with Crippen molar-refractivity contribution in [3.05, 3.63) is 0 Å². The van der Waals surface area contributed by atoms with E-state index in [1.54, 1.807) is 0 Å². The van der Waals surface area contributed by atoms with Crippen molar-refractivity contribution in [1.82, 2.24) is 5.32 Å². The van der Waals surface area contributed by atoms with E-state index in [0.29, 0.717) is 12.8 Å². The molecule has 0 rings (SSSR count). The minimum Gasteiger partial charge on any atom is -0.394 e. The van der Waals surface area contributed by atoms with Gasteiger partial charge in [0.25, 0.3) is 0 Å². The molecular weight excluding hydrogens is 655 g/mol. The summed E-state index contributed by atoms with van der Waals surface area (Å²) in [5, 5.41) is 33.3. The van der Waals surface area contributed by atoms with Gasteiger partial charge in [-0.3, -0.25) is 4.79 Å². The highest BCUT2D eigenvalue weighted by Crippen LogP contribution is 2.18. The summed E-state index contributed by atoms with van der Waals surface area (Å²) in [5.74, 6) is -0.280.